The van der Waals surface area contributed by atoms with Gasteiger partial charge in [-0.3, -0.25) is 4.98 Å². The monoisotopic (exact) mass is 203 g/mol. The van der Waals surface area contributed by atoms with Crippen molar-refractivity contribution < 1.29 is 9.50 Å². The van der Waals surface area contributed by atoms with Crippen molar-refractivity contribution >= 4 is 0 Å². The molecule has 76 valence electrons. The first-order valence-corrected chi connectivity index (χ1v) is 4.61. The molecule has 0 saturated carbocycles. The van der Waals surface area contributed by atoms with Crippen LogP contribution in [0.5, 0.6) is 5.75 Å². The molecule has 2 rings (SSSR count). The lowest BCUT2D eigenvalue weighted by Gasteiger charge is -2.02. The molecule has 1 aromatic carbocycles. The quantitative estimate of drug-likeness (QED) is 0.813. The Kier molecular flexibility index (Phi) is 2.63. The zero-order valence-corrected chi connectivity index (χ0v) is 8.02. The van der Waals surface area contributed by atoms with Crippen LogP contribution in [-0.2, 0) is 6.42 Å². The molecular weight excluding hydrogens is 193 g/mol. The Balaban J connectivity index is 2.25. The van der Waals surface area contributed by atoms with E-state index in [0.29, 0.717) is 6.42 Å². The van der Waals surface area contributed by atoms with Crippen molar-refractivity contribution in [2.24, 2.45) is 0 Å². The molecule has 0 radical (unpaired) electrons. The van der Waals surface area contributed by atoms with E-state index in [1.807, 2.05) is 12.1 Å². The van der Waals surface area contributed by atoms with Crippen LogP contribution in [0.3, 0.4) is 0 Å². The molecule has 0 aliphatic heterocycles. The van der Waals surface area contributed by atoms with Gasteiger partial charge in [-0.05, 0) is 35.7 Å². The van der Waals surface area contributed by atoms with Crippen molar-refractivity contribution in [1.29, 1.82) is 0 Å². The second-order valence-corrected chi connectivity index (χ2v) is 3.36. The summed E-state index contributed by atoms with van der Waals surface area (Å²) in [4.78, 5) is 3.97. The van der Waals surface area contributed by atoms with E-state index in [1.54, 1.807) is 18.5 Å². The predicted octanol–water partition coefficient (Wildman–Crippen LogP) is 2.52. The number of phenolic OH excluding ortho intramolecular Hbond substituents is 1. The maximum Gasteiger partial charge on any atom is 0.127 e. The highest BCUT2D eigenvalue weighted by Gasteiger charge is 2.01. The smallest absolute Gasteiger partial charge is 0.127 e. The van der Waals surface area contributed by atoms with Gasteiger partial charge < -0.3 is 5.11 Å². The summed E-state index contributed by atoms with van der Waals surface area (Å²) < 4.78 is 13.0. The molecular formula is C12H10FNO. The van der Waals surface area contributed by atoms with Crippen molar-refractivity contribution in [1.82, 2.24) is 4.98 Å². The predicted molar refractivity (Wildman–Crippen MR) is 55.1 cm³/mol. The Morgan fingerprint density at radius 3 is 2.73 bits per heavy atom. The number of halogens is 1. The molecule has 2 nitrogen and oxygen atoms in total. The Morgan fingerprint density at radius 1 is 1.20 bits per heavy atom. The Hall–Kier alpha value is -1.90. The lowest BCUT2D eigenvalue weighted by atomic mass is 10.1. The van der Waals surface area contributed by atoms with E-state index in [1.165, 1.54) is 6.07 Å². The Labute approximate surface area is 87.0 Å². The van der Waals surface area contributed by atoms with Gasteiger partial charge in [0.2, 0.25) is 0 Å². The van der Waals surface area contributed by atoms with Crippen molar-refractivity contribution in [2.45, 2.75) is 6.42 Å². The zero-order valence-electron chi connectivity index (χ0n) is 8.02. The molecule has 2 aromatic rings. The van der Waals surface area contributed by atoms with Gasteiger partial charge in [-0.25, -0.2) is 4.39 Å². The summed E-state index contributed by atoms with van der Waals surface area (Å²) in [5, 5.41) is 9.22. The average Bonchev–Trinajstić information content (AvgIpc) is 2.17. The third-order valence-corrected chi connectivity index (χ3v) is 2.07. The van der Waals surface area contributed by atoms with Crippen LogP contribution in [0.4, 0.5) is 4.39 Å². The fourth-order valence-electron chi connectivity index (χ4n) is 1.47. The molecule has 0 spiro atoms. The number of nitrogens with zero attached hydrogens (tertiary/aromatic N) is 1. The lowest BCUT2D eigenvalue weighted by molar-refractivity contribution is 0.468. The van der Waals surface area contributed by atoms with Gasteiger partial charge in [0.05, 0.1) is 0 Å². The molecule has 0 bridgehead atoms. The fraction of sp³-hybridized carbons (Fsp3) is 0.0833. The summed E-state index contributed by atoms with van der Waals surface area (Å²) in [6, 6.07) is 7.79. The number of rotatable bonds is 2. The minimum Gasteiger partial charge on any atom is -0.508 e. The summed E-state index contributed by atoms with van der Waals surface area (Å²) in [5.74, 6) is -0.470. The SMILES string of the molecule is Oc1cc(F)cc(Cc2cccnc2)c1. The molecule has 3 heteroatoms. The maximum absolute atomic E-state index is 13.0. The first kappa shape index (κ1) is 9.65. The van der Waals surface area contributed by atoms with Gasteiger partial charge in [0.25, 0.3) is 0 Å². The van der Waals surface area contributed by atoms with E-state index >= 15 is 0 Å². The number of hydrogen-bond donors (Lipinski definition) is 1. The highest BCUT2D eigenvalue weighted by atomic mass is 19.1. The summed E-state index contributed by atoms with van der Waals surface area (Å²) in [7, 11) is 0. The molecule has 15 heavy (non-hydrogen) atoms. The summed E-state index contributed by atoms with van der Waals surface area (Å²) in [6.45, 7) is 0. The zero-order chi connectivity index (χ0) is 10.7. The van der Waals surface area contributed by atoms with E-state index in [-0.39, 0.29) is 5.75 Å². The molecule has 0 amide bonds. The number of pyridine rings is 1. The molecule has 1 heterocycles. The largest absolute Gasteiger partial charge is 0.508 e. The van der Waals surface area contributed by atoms with Gasteiger partial charge in [0, 0.05) is 18.5 Å². The van der Waals surface area contributed by atoms with E-state index in [4.69, 9.17) is 0 Å². The van der Waals surface area contributed by atoms with Crippen molar-refractivity contribution in [3.8, 4) is 5.75 Å². The van der Waals surface area contributed by atoms with E-state index < -0.39 is 5.82 Å². The lowest BCUT2D eigenvalue weighted by Crippen LogP contribution is -1.89. The van der Waals surface area contributed by atoms with Gasteiger partial charge in [-0.15, -0.1) is 0 Å². The highest BCUT2D eigenvalue weighted by Crippen LogP contribution is 2.17. The average molecular weight is 203 g/mol. The first-order chi connectivity index (χ1) is 7.24. The summed E-state index contributed by atoms with van der Waals surface area (Å²) in [5.41, 5.74) is 1.73. The van der Waals surface area contributed by atoms with Crippen molar-refractivity contribution in [3.63, 3.8) is 0 Å². The van der Waals surface area contributed by atoms with E-state index in [2.05, 4.69) is 4.98 Å². The third kappa shape index (κ3) is 2.53. The minimum atomic E-state index is -0.422. The molecule has 0 unspecified atom stereocenters. The molecule has 0 aliphatic rings. The molecule has 1 N–H and O–H groups in total. The molecule has 0 fully saturated rings. The Bertz CT molecular complexity index is 436. The Morgan fingerprint density at radius 2 is 2.07 bits per heavy atom. The van der Waals surface area contributed by atoms with Crippen molar-refractivity contribution in [2.75, 3.05) is 0 Å². The van der Waals surface area contributed by atoms with Gasteiger partial charge in [0.1, 0.15) is 11.6 Å². The van der Waals surface area contributed by atoms with Gasteiger partial charge in [0.15, 0.2) is 0 Å². The van der Waals surface area contributed by atoms with Crippen molar-refractivity contribution in [3.05, 3.63) is 59.7 Å². The van der Waals surface area contributed by atoms with Crippen LogP contribution in [0, 0.1) is 5.82 Å². The number of aromatic hydroxyl groups is 1. The second kappa shape index (κ2) is 4.09. The highest BCUT2D eigenvalue weighted by molar-refractivity contribution is 5.31. The molecule has 0 saturated heterocycles. The fourth-order valence-corrected chi connectivity index (χ4v) is 1.47. The van der Waals surface area contributed by atoms with Crippen LogP contribution in [0.15, 0.2) is 42.7 Å². The molecule has 0 atom stereocenters. The topological polar surface area (TPSA) is 33.1 Å². The molecule has 1 aromatic heterocycles. The number of phenols is 1. The van der Waals surface area contributed by atoms with Gasteiger partial charge >= 0.3 is 0 Å². The van der Waals surface area contributed by atoms with Gasteiger partial charge in [-0.2, -0.15) is 0 Å². The first-order valence-electron chi connectivity index (χ1n) is 4.61. The van der Waals surface area contributed by atoms with E-state index in [0.717, 1.165) is 17.2 Å². The second-order valence-electron chi connectivity index (χ2n) is 3.36. The van der Waals surface area contributed by atoms with Gasteiger partial charge in [-0.1, -0.05) is 6.07 Å². The third-order valence-electron chi connectivity index (χ3n) is 2.07. The number of aromatic nitrogens is 1. The van der Waals surface area contributed by atoms with Crippen LogP contribution in [0.2, 0.25) is 0 Å². The van der Waals surface area contributed by atoms with Crippen LogP contribution < -0.4 is 0 Å². The van der Waals surface area contributed by atoms with Crippen LogP contribution in [0.25, 0.3) is 0 Å². The number of hydrogen-bond acceptors (Lipinski definition) is 2. The normalized spacial score (nSPS) is 10.2. The standard InChI is InChI=1S/C12H10FNO/c13-11-5-10(6-12(15)7-11)4-9-2-1-3-14-8-9/h1-3,5-8,15H,4H2. The minimum absolute atomic E-state index is 0.0473. The molecule has 0 aliphatic carbocycles. The number of benzene rings is 1. The maximum atomic E-state index is 13.0. The summed E-state index contributed by atoms with van der Waals surface area (Å²) >= 11 is 0. The van der Waals surface area contributed by atoms with Crippen LogP contribution in [0.1, 0.15) is 11.1 Å². The van der Waals surface area contributed by atoms with E-state index in [9.17, 15) is 9.50 Å². The van der Waals surface area contributed by atoms with Crippen LogP contribution in [-0.4, -0.2) is 10.1 Å². The van der Waals surface area contributed by atoms with Crippen LogP contribution >= 0.6 is 0 Å². The summed E-state index contributed by atoms with van der Waals surface area (Å²) in [6.07, 6.45) is 3.98.